The molecule has 2 aromatic carbocycles. The van der Waals surface area contributed by atoms with Crippen molar-refractivity contribution < 1.29 is 14.3 Å². The Morgan fingerprint density at radius 3 is 2.59 bits per heavy atom. The number of halogens is 1. The van der Waals surface area contributed by atoms with Crippen LogP contribution in [0.25, 0.3) is 0 Å². The van der Waals surface area contributed by atoms with Crippen LogP contribution < -0.4 is 15.4 Å². The highest BCUT2D eigenvalue weighted by molar-refractivity contribution is 6.30. The maximum Gasteiger partial charge on any atom is 0.262 e. The van der Waals surface area contributed by atoms with Crippen LogP contribution in [0.4, 0.5) is 11.4 Å². The Morgan fingerprint density at radius 1 is 1.14 bits per heavy atom. The number of nitrogens with one attached hydrogen (secondary N) is 2. The summed E-state index contributed by atoms with van der Waals surface area (Å²) in [6, 6.07) is 13.4. The van der Waals surface area contributed by atoms with Crippen LogP contribution in [-0.2, 0) is 9.59 Å². The van der Waals surface area contributed by atoms with E-state index in [0.29, 0.717) is 22.1 Å². The molecule has 8 heteroatoms. The third kappa shape index (κ3) is 5.58. The molecule has 1 heterocycles. The average molecular weight is 413 g/mol. The van der Waals surface area contributed by atoms with Gasteiger partial charge in [0.1, 0.15) is 11.8 Å². The Balaban J connectivity index is 1.56. The second kappa shape index (κ2) is 9.25. The van der Waals surface area contributed by atoms with Crippen molar-refractivity contribution in [3.05, 3.63) is 71.5 Å². The molecular weight excluding hydrogens is 392 g/mol. The van der Waals surface area contributed by atoms with Crippen LogP contribution in [-0.4, -0.2) is 28.2 Å². The zero-order valence-corrected chi connectivity index (χ0v) is 16.8. The van der Waals surface area contributed by atoms with Crippen LogP contribution in [0.15, 0.2) is 60.9 Å². The molecule has 0 saturated heterocycles. The van der Waals surface area contributed by atoms with Crippen LogP contribution in [0.3, 0.4) is 0 Å². The van der Waals surface area contributed by atoms with Gasteiger partial charge in [0.05, 0.1) is 0 Å². The third-order valence-electron chi connectivity index (χ3n) is 4.21. The fraction of sp³-hybridized carbons (Fsp3) is 0.190. The number of anilines is 2. The topological polar surface area (TPSA) is 85.3 Å². The van der Waals surface area contributed by atoms with E-state index in [1.165, 1.54) is 0 Å². The summed E-state index contributed by atoms with van der Waals surface area (Å²) in [6.07, 6.45) is 3.34. The van der Waals surface area contributed by atoms with Crippen molar-refractivity contribution in [1.29, 1.82) is 0 Å². The molecule has 0 aliphatic carbocycles. The van der Waals surface area contributed by atoms with Crippen molar-refractivity contribution >= 4 is 34.8 Å². The van der Waals surface area contributed by atoms with Gasteiger partial charge in [-0.3, -0.25) is 14.3 Å². The zero-order valence-electron chi connectivity index (χ0n) is 16.1. The lowest BCUT2D eigenvalue weighted by Crippen LogP contribution is -2.24. The third-order valence-corrected chi connectivity index (χ3v) is 4.45. The van der Waals surface area contributed by atoms with E-state index < -0.39 is 6.04 Å². The molecule has 0 radical (unpaired) electrons. The molecule has 0 spiro atoms. The summed E-state index contributed by atoms with van der Waals surface area (Å²) >= 11 is 5.92. The van der Waals surface area contributed by atoms with E-state index in [1.54, 1.807) is 72.5 Å². The Kier molecular flexibility index (Phi) is 6.51. The van der Waals surface area contributed by atoms with Crippen molar-refractivity contribution in [3.8, 4) is 5.75 Å². The van der Waals surface area contributed by atoms with Gasteiger partial charge in [0.15, 0.2) is 6.61 Å². The summed E-state index contributed by atoms with van der Waals surface area (Å²) in [4.78, 5) is 24.6. The molecule has 7 nitrogen and oxygen atoms in total. The molecule has 0 fully saturated rings. The van der Waals surface area contributed by atoms with Gasteiger partial charge in [-0.15, -0.1) is 0 Å². The standard InChI is InChI=1S/C21H21ClN4O3/c1-14-11-16(22)7-8-19(14)29-13-20(27)24-17-5-3-6-18(12-17)25-21(28)15(2)26-10-4-9-23-26/h3-12,15H,13H2,1-2H3,(H,24,27)(H,25,28). The summed E-state index contributed by atoms with van der Waals surface area (Å²) in [5.41, 5.74) is 1.97. The van der Waals surface area contributed by atoms with Gasteiger partial charge in [0.2, 0.25) is 5.91 Å². The van der Waals surface area contributed by atoms with Crippen molar-refractivity contribution in [2.24, 2.45) is 0 Å². The van der Waals surface area contributed by atoms with Gasteiger partial charge in [0.25, 0.3) is 5.91 Å². The number of hydrogen-bond acceptors (Lipinski definition) is 4. The second-order valence-electron chi connectivity index (χ2n) is 6.48. The molecule has 2 amide bonds. The maximum absolute atomic E-state index is 12.4. The number of aromatic nitrogens is 2. The monoisotopic (exact) mass is 412 g/mol. The second-order valence-corrected chi connectivity index (χ2v) is 6.92. The minimum atomic E-state index is -0.459. The summed E-state index contributed by atoms with van der Waals surface area (Å²) in [5.74, 6) is 0.0737. The van der Waals surface area contributed by atoms with Gasteiger partial charge in [-0.05, 0) is 61.9 Å². The number of rotatable bonds is 7. The smallest absolute Gasteiger partial charge is 0.262 e. The predicted molar refractivity (Wildman–Crippen MR) is 112 cm³/mol. The normalized spacial score (nSPS) is 11.6. The molecule has 1 aromatic heterocycles. The highest BCUT2D eigenvalue weighted by Crippen LogP contribution is 2.22. The van der Waals surface area contributed by atoms with E-state index in [4.69, 9.17) is 16.3 Å². The van der Waals surface area contributed by atoms with E-state index in [1.807, 2.05) is 6.92 Å². The van der Waals surface area contributed by atoms with Crippen molar-refractivity contribution in [2.45, 2.75) is 19.9 Å². The number of amides is 2. The molecule has 1 atom stereocenters. The minimum Gasteiger partial charge on any atom is -0.483 e. The Morgan fingerprint density at radius 2 is 1.90 bits per heavy atom. The van der Waals surface area contributed by atoms with Gasteiger partial charge in [-0.1, -0.05) is 17.7 Å². The van der Waals surface area contributed by atoms with Gasteiger partial charge in [-0.25, -0.2) is 0 Å². The SMILES string of the molecule is Cc1cc(Cl)ccc1OCC(=O)Nc1cccc(NC(=O)C(C)n2cccn2)c1. The summed E-state index contributed by atoms with van der Waals surface area (Å²) < 4.78 is 7.11. The first-order chi connectivity index (χ1) is 13.9. The number of nitrogens with zero attached hydrogens (tertiary/aromatic N) is 2. The molecule has 0 bridgehead atoms. The number of hydrogen-bond donors (Lipinski definition) is 2. The minimum absolute atomic E-state index is 0.143. The van der Waals surface area contributed by atoms with E-state index in [2.05, 4.69) is 15.7 Å². The maximum atomic E-state index is 12.4. The van der Waals surface area contributed by atoms with Crippen LogP contribution in [0.1, 0.15) is 18.5 Å². The van der Waals surface area contributed by atoms with Gasteiger partial charge < -0.3 is 15.4 Å². The molecule has 150 valence electrons. The van der Waals surface area contributed by atoms with E-state index in [9.17, 15) is 9.59 Å². The summed E-state index contributed by atoms with van der Waals surface area (Å²) in [5, 5.41) is 10.3. The largest absolute Gasteiger partial charge is 0.483 e. The number of benzene rings is 2. The first-order valence-electron chi connectivity index (χ1n) is 9.01. The molecule has 0 aliphatic rings. The zero-order chi connectivity index (χ0) is 20.8. The Labute approximate surface area is 173 Å². The Bertz CT molecular complexity index is 1000. The average Bonchev–Trinajstić information content (AvgIpc) is 3.21. The summed E-state index contributed by atoms with van der Waals surface area (Å²) in [6.45, 7) is 3.47. The number of aryl methyl sites for hydroxylation is 1. The van der Waals surface area contributed by atoms with Crippen LogP contribution in [0.2, 0.25) is 5.02 Å². The van der Waals surface area contributed by atoms with Gasteiger partial charge >= 0.3 is 0 Å². The lowest BCUT2D eigenvalue weighted by molar-refractivity contribution is -0.119. The number of carbonyl (C=O) groups excluding carboxylic acids is 2. The van der Waals surface area contributed by atoms with Crippen LogP contribution in [0, 0.1) is 6.92 Å². The lowest BCUT2D eigenvalue weighted by Gasteiger charge is -2.14. The molecule has 3 aromatic rings. The van der Waals surface area contributed by atoms with E-state index in [-0.39, 0.29) is 18.4 Å². The van der Waals surface area contributed by atoms with Gasteiger partial charge in [0, 0.05) is 28.8 Å². The van der Waals surface area contributed by atoms with E-state index in [0.717, 1.165) is 5.56 Å². The van der Waals surface area contributed by atoms with Crippen molar-refractivity contribution in [2.75, 3.05) is 17.2 Å². The number of ether oxygens (including phenoxy) is 1. The molecular formula is C21H21ClN4O3. The van der Waals surface area contributed by atoms with Crippen molar-refractivity contribution in [1.82, 2.24) is 9.78 Å². The van der Waals surface area contributed by atoms with E-state index >= 15 is 0 Å². The molecule has 1 unspecified atom stereocenters. The fourth-order valence-corrected chi connectivity index (χ4v) is 2.89. The molecule has 3 rings (SSSR count). The highest BCUT2D eigenvalue weighted by atomic mass is 35.5. The quantitative estimate of drug-likeness (QED) is 0.612. The summed E-state index contributed by atoms with van der Waals surface area (Å²) in [7, 11) is 0. The fourth-order valence-electron chi connectivity index (χ4n) is 2.67. The molecule has 2 N–H and O–H groups in total. The van der Waals surface area contributed by atoms with Crippen LogP contribution >= 0.6 is 11.6 Å². The molecule has 29 heavy (non-hydrogen) atoms. The molecule has 0 aliphatic heterocycles. The number of carbonyl (C=O) groups is 2. The first kappa shape index (κ1) is 20.4. The molecule has 0 saturated carbocycles. The first-order valence-corrected chi connectivity index (χ1v) is 9.39. The van der Waals surface area contributed by atoms with Crippen LogP contribution in [0.5, 0.6) is 5.75 Å². The Hall–Kier alpha value is -3.32. The predicted octanol–water partition coefficient (Wildman–Crippen LogP) is 4.06. The highest BCUT2D eigenvalue weighted by Gasteiger charge is 2.15. The lowest BCUT2D eigenvalue weighted by atomic mass is 10.2. The van der Waals surface area contributed by atoms with Gasteiger partial charge in [-0.2, -0.15) is 5.10 Å². The van der Waals surface area contributed by atoms with Crippen molar-refractivity contribution in [3.63, 3.8) is 0 Å².